The van der Waals surface area contributed by atoms with Crippen molar-refractivity contribution in [2.24, 2.45) is 5.73 Å². The fraction of sp³-hybridized carbons (Fsp3) is 0.647. The highest BCUT2D eigenvalue weighted by Gasteiger charge is 2.20. The van der Waals surface area contributed by atoms with E-state index in [2.05, 4.69) is 27.0 Å². The van der Waals surface area contributed by atoms with Crippen molar-refractivity contribution in [1.29, 1.82) is 0 Å². The largest absolute Gasteiger partial charge is 0.354 e. The molecule has 1 aliphatic heterocycles. The van der Waals surface area contributed by atoms with Crippen molar-refractivity contribution in [3.63, 3.8) is 0 Å². The van der Waals surface area contributed by atoms with E-state index in [1.165, 1.54) is 0 Å². The van der Waals surface area contributed by atoms with Crippen LogP contribution in [0, 0.1) is 0 Å². The van der Waals surface area contributed by atoms with Gasteiger partial charge in [0.25, 0.3) is 0 Å². The van der Waals surface area contributed by atoms with Crippen molar-refractivity contribution < 1.29 is 4.79 Å². The zero-order valence-corrected chi connectivity index (χ0v) is 14.1. The Morgan fingerprint density at radius 1 is 1.35 bits per heavy atom. The van der Waals surface area contributed by atoms with Gasteiger partial charge in [-0.15, -0.1) is 0 Å². The maximum atomic E-state index is 12.2. The predicted octanol–water partition coefficient (Wildman–Crippen LogP) is 0.837. The molecule has 1 fully saturated rings. The van der Waals surface area contributed by atoms with E-state index in [4.69, 9.17) is 5.73 Å². The molecule has 0 aromatic carbocycles. The van der Waals surface area contributed by atoms with Gasteiger partial charge in [-0.3, -0.25) is 9.69 Å². The molecule has 0 radical (unpaired) electrons. The second-order valence-corrected chi connectivity index (χ2v) is 6.09. The zero-order valence-electron chi connectivity index (χ0n) is 14.1. The lowest BCUT2D eigenvalue weighted by Gasteiger charge is -2.35. The van der Waals surface area contributed by atoms with Crippen LogP contribution in [0.3, 0.4) is 0 Å². The minimum absolute atomic E-state index is 0.0860. The van der Waals surface area contributed by atoms with Gasteiger partial charge in [-0.1, -0.05) is 25.8 Å². The molecular formula is C17H29N5O. The van der Waals surface area contributed by atoms with Crippen LogP contribution in [-0.2, 0) is 4.79 Å². The average Bonchev–Trinajstić information content (AvgIpc) is 2.60. The van der Waals surface area contributed by atoms with Crippen molar-refractivity contribution in [2.45, 2.75) is 32.2 Å². The van der Waals surface area contributed by atoms with Crippen molar-refractivity contribution in [2.75, 3.05) is 44.2 Å². The topological polar surface area (TPSA) is 74.5 Å². The van der Waals surface area contributed by atoms with Gasteiger partial charge in [0.1, 0.15) is 5.82 Å². The summed E-state index contributed by atoms with van der Waals surface area (Å²) in [5.74, 6) is 1.10. The minimum Gasteiger partial charge on any atom is -0.354 e. The number of hydrogen-bond donors (Lipinski definition) is 2. The molecule has 0 aliphatic carbocycles. The summed E-state index contributed by atoms with van der Waals surface area (Å²) in [6, 6.07) is 6.07. The van der Waals surface area contributed by atoms with E-state index in [9.17, 15) is 4.79 Å². The molecule has 128 valence electrons. The third-order valence-corrected chi connectivity index (χ3v) is 4.27. The molecule has 1 aromatic rings. The molecule has 3 N–H and O–H groups in total. The van der Waals surface area contributed by atoms with E-state index in [0.717, 1.165) is 51.3 Å². The first kappa shape index (κ1) is 17.7. The lowest BCUT2D eigenvalue weighted by molar-refractivity contribution is -0.123. The highest BCUT2D eigenvalue weighted by Crippen LogP contribution is 2.12. The summed E-state index contributed by atoms with van der Waals surface area (Å²) >= 11 is 0. The monoisotopic (exact) mass is 319 g/mol. The van der Waals surface area contributed by atoms with Gasteiger partial charge in [0, 0.05) is 45.0 Å². The smallest absolute Gasteiger partial charge is 0.234 e. The van der Waals surface area contributed by atoms with Crippen molar-refractivity contribution in [3.8, 4) is 0 Å². The normalized spacial score (nSPS) is 17.0. The molecule has 2 rings (SSSR count). The maximum Gasteiger partial charge on any atom is 0.234 e. The third kappa shape index (κ3) is 5.80. The Labute approximate surface area is 139 Å². The van der Waals surface area contributed by atoms with E-state index in [0.29, 0.717) is 13.1 Å². The van der Waals surface area contributed by atoms with E-state index >= 15 is 0 Å². The second kappa shape index (κ2) is 9.47. The number of piperazine rings is 1. The molecule has 1 aliphatic rings. The molecule has 6 heteroatoms. The molecule has 1 amide bonds. The third-order valence-electron chi connectivity index (χ3n) is 4.27. The Morgan fingerprint density at radius 3 is 2.74 bits per heavy atom. The predicted molar refractivity (Wildman–Crippen MR) is 93.4 cm³/mol. The number of unbranched alkanes of at least 4 members (excludes halogenated alkanes) is 1. The number of hydrogen-bond acceptors (Lipinski definition) is 5. The molecular weight excluding hydrogens is 290 g/mol. The number of carbonyl (C=O) groups is 1. The average molecular weight is 319 g/mol. The summed E-state index contributed by atoms with van der Waals surface area (Å²) in [6.45, 7) is 6.69. The van der Waals surface area contributed by atoms with Crippen molar-refractivity contribution in [1.82, 2.24) is 15.2 Å². The number of aromatic nitrogens is 1. The zero-order chi connectivity index (χ0) is 16.5. The molecule has 0 saturated carbocycles. The molecule has 1 aromatic heterocycles. The van der Waals surface area contributed by atoms with Crippen LogP contribution < -0.4 is 16.0 Å². The van der Waals surface area contributed by atoms with Crippen LogP contribution in [0.5, 0.6) is 0 Å². The lowest BCUT2D eigenvalue weighted by Crippen LogP contribution is -2.51. The number of nitrogens with two attached hydrogens (primary N) is 1. The van der Waals surface area contributed by atoms with E-state index in [-0.39, 0.29) is 11.9 Å². The van der Waals surface area contributed by atoms with Gasteiger partial charge in [-0.05, 0) is 18.6 Å². The Morgan fingerprint density at radius 2 is 2.13 bits per heavy atom. The first-order valence-electron chi connectivity index (χ1n) is 8.60. The molecule has 1 atom stereocenters. The van der Waals surface area contributed by atoms with Crippen molar-refractivity contribution in [3.05, 3.63) is 24.4 Å². The molecule has 23 heavy (non-hydrogen) atoms. The first-order valence-corrected chi connectivity index (χ1v) is 8.60. The number of nitrogens with one attached hydrogen (secondary N) is 1. The molecule has 0 bridgehead atoms. The lowest BCUT2D eigenvalue weighted by atomic mass is 10.1. The molecule has 2 heterocycles. The highest BCUT2D eigenvalue weighted by atomic mass is 16.2. The Hall–Kier alpha value is -1.66. The molecule has 6 nitrogen and oxygen atoms in total. The Balaban J connectivity index is 1.72. The number of rotatable bonds is 8. The Bertz CT molecular complexity index is 459. The van der Waals surface area contributed by atoms with Gasteiger partial charge >= 0.3 is 0 Å². The molecule has 0 spiro atoms. The minimum atomic E-state index is 0.0860. The van der Waals surface area contributed by atoms with Gasteiger partial charge in [0.15, 0.2) is 0 Å². The van der Waals surface area contributed by atoms with Gasteiger partial charge < -0.3 is 16.0 Å². The second-order valence-electron chi connectivity index (χ2n) is 6.09. The summed E-state index contributed by atoms with van der Waals surface area (Å²) in [6.07, 6.45) is 5.01. The number of pyridine rings is 1. The summed E-state index contributed by atoms with van der Waals surface area (Å²) in [5.41, 5.74) is 5.74. The van der Waals surface area contributed by atoms with Crippen molar-refractivity contribution >= 4 is 11.7 Å². The van der Waals surface area contributed by atoms with E-state index < -0.39 is 0 Å². The summed E-state index contributed by atoms with van der Waals surface area (Å²) in [5, 5.41) is 3.06. The number of anilines is 1. The van der Waals surface area contributed by atoms with Crippen LogP contribution in [0.2, 0.25) is 0 Å². The SMILES string of the molecule is CCCCC(CN)NC(=O)CN1CCN(c2ccccn2)CC1. The quantitative estimate of drug-likeness (QED) is 0.743. The van der Waals surface area contributed by atoms with Gasteiger partial charge in [-0.2, -0.15) is 0 Å². The number of nitrogens with zero attached hydrogens (tertiary/aromatic N) is 3. The first-order chi connectivity index (χ1) is 11.2. The van der Waals surface area contributed by atoms with Gasteiger partial charge in [-0.25, -0.2) is 4.98 Å². The van der Waals surface area contributed by atoms with Crippen LogP contribution >= 0.6 is 0 Å². The maximum absolute atomic E-state index is 12.2. The van der Waals surface area contributed by atoms with Crippen LogP contribution in [0.4, 0.5) is 5.82 Å². The van der Waals surface area contributed by atoms with Crippen LogP contribution in [-0.4, -0.2) is 61.1 Å². The molecule has 1 unspecified atom stereocenters. The van der Waals surface area contributed by atoms with E-state index in [1.807, 2.05) is 24.4 Å². The van der Waals surface area contributed by atoms with Crippen LogP contribution in [0.25, 0.3) is 0 Å². The van der Waals surface area contributed by atoms with Gasteiger partial charge in [0.05, 0.1) is 6.54 Å². The van der Waals surface area contributed by atoms with Gasteiger partial charge in [0.2, 0.25) is 5.91 Å². The summed E-state index contributed by atoms with van der Waals surface area (Å²) in [7, 11) is 0. The van der Waals surface area contributed by atoms with Crippen LogP contribution in [0.1, 0.15) is 26.2 Å². The fourth-order valence-electron chi connectivity index (χ4n) is 2.85. The molecule has 1 saturated heterocycles. The Kier molecular flexibility index (Phi) is 7.29. The van der Waals surface area contributed by atoms with Crippen LogP contribution in [0.15, 0.2) is 24.4 Å². The summed E-state index contributed by atoms with van der Waals surface area (Å²) in [4.78, 5) is 21.0. The fourth-order valence-corrected chi connectivity index (χ4v) is 2.85. The van der Waals surface area contributed by atoms with E-state index in [1.54, 1.807) is 0 Å². The number of amides is 1. The number of carbonyl (C=O) groups excluding carboxylic acids is 1. The standard InChI is InChI=1S/C17H29N5O/c1-2-3-6-15(13-18)20-17(23)14-21-9-11-22(12-10-21)16-7-4-5-8-19-16/h4-5,7-8,15H,2-3,6,9-14,18H2,1H3,(H,20,23). The summed E-state index contributed by atoms with van der Waals surface area (Å²) < 4.78 is 0. The highest BCUT2D eigenvalue weighted by molar-refractivity contribution is 5.78.